The fourth-order valence-corrected chi connectivity index (χ4v) is 7.32. The number of halogens is 2. The van der Waals surface area contributed by atoms with Crippen LogP contribution in [-0.2, 0) is 28.9 Å². The first kappa shape index (κ1) is 25.6. The van der Waals surface area contributed by atoms with Gasteiger partial charge in [-0.05, 0) is 46.5 Å². The molecule has 0 radical (unpaired) electrons. The topological polar surface area (TPSA) is 90.0 Å². The lowest BCUT2D eigenvalue weighted by Crippen LogP contribution is -2.57. The van der Waals surface area contributed by atoms with Crippen molar-refractivity contribution in [1.82, 2.24) is 4.90 Å². The van der Waals surface area contributed by atoms with Crippen LogP contribution in [0.5, 0.6) is 5.75 Å². The van der Waals surface area contributed by atoms with Crippen molar-refractivity contribution in [2.45, 2.75) is 16.2 Å². The van der Waals surface area contributed by atoms with Crippen LogP contribution in [0.25, 0.3) is 0 Å². The number of ketones is 1. The van der Waals surface area contributed by atoms with E-state index in [4.69, 9.17) is 32.7 Å². The molecule has 3 aromatic rings. The molecule has 2 bridgehead atoms. The van der Waals surface area contributed by atoms with Crippen molar-refractivity contribution < 1.29 is 28.7 Å². The van der Waals surface area contributed by atoms with E-state index in [1.807, 2.05) is 48.5 Å². The zero-order valence-corrected chi connectivity index (χ0v) is 22.4. The minimum atomic E-state index is -1.28. The summed E-state index contributed by atoms with van der Waals surface area (Å²) in [7, 11) is 1.52. The molecule has 0 unspecified atom stereocenters. The van der Waals surface area contributed by atoms with Crippen LogP contribution in [0, 0.1) is 11.8 Å². The van der Waals surface area contributed by atoms with E-state index in [9.17, 15) is 19.2 Å². The van der Waals surface area contributed by atoms with Gasteiger partial charge in [0.25, 0.3) is 0 Å². The van der Waals surface area contributed by atoms with Crippen LogP contribution in [-0.4, -0.2) is 48.7 Å². The number of rotatable bonds is 7. The Labute approximate surface area is 234 Å². The molecule has 0 N–H and O–H groups in total. The van der Waals surface area contributed by atoms with Crippen LogP contribution in [0.3, 0.4) is 0 Å². The van der Waals surface area contributed by atoms with Gasteiger partial charge in [0.15, 0.2) is 12.4 Å². The Balaban J connectivity index is 1.21. The van der Waals surface area contributed by atoms with E-state index in [-0.39, 0.29) is 18.7 Å². The molecule has 1 saturated heterocycles. The molecule has 0 aromatic heterocycles. The van der Waals surface area contributed by atoms with Gasteiger partial charge in [-0.2, -0.15) is 0 Å². The normalized spacial score (nSPS) is 26.1. The van der Waals surface area contributed by atoms with Gasteiger partial charge in [0.05, 0.1) is 25.4 Å². The van der Waals surface area contributed by atoms with E-state index in [1.54, 1.807) is 24.3 Å². The van der Waals surface area contributed by atoms with E-state index in [0.29, 0.717) is 33.6 Å². The molecule has 1 aliphatic heterocycles. The molecule has 7 nitrogen and oxygen atoms in total. The van der Waals surface area contributed by atoms with Crippen molar-refractivity contribution in [1.29, 1.82) is 0 Å². The predicted octanol–water partition coefficient (Wildman–Crippen LogP) is 4.40. The standard InChI is InChI=1S/C30H23Cl2NO6/c1-38-18-12-10-17(11-13-18)23(34)16-39-24(35)14-15-33-27(36)25-26(28(33)37)30(32)20-7-3-2-6-19(20)29(25,31)21-8-4-5-9-22(21)30/h2-13,25-26H,14-16H2,1H3/t25-,26-,29?,30?/m1/s1. The molecule has 2 atom stereocenters. The monoisotopic (exact) mass is 563 g/mol. The first-order valence-corrected chi connectivity index (χ1v) is 13.2. The van der Waals surface area contributed by atoms with E-state index in [2.05, 4.69) is 0 Å². The molecule has 2 amide bonds. The van der Waals surface area contributed by atoms with E-state index >= 15 is 0 Å². The second kappa shape index (κ2) is 9.21. The van der Waals surface area contributed by atoms with Crippen LogP contribution in [0.4, 0.5) is 0 Å². The maximum atomic E-state index is 13.8. The number of benzene rings is 3. The molecule has 198 valence electrons. The van der Waals surface area contributed by atoms with Crippen LogP contribution in [0.2, 0.25) is 0 Å². The third kappa shape index (κ3) is 3.56. The number of likely N-dealkylation sites (tertiary alicyclic amines) is 1. The fraction of sp³-hybridized carbons (Fsp3) is 0.267. The highest BCUT2D eigenvalue weighted by atomic mass is 35.5. The summed E-state index contributed by atoms with van der Waals surface area (Å²) >= 11 is 14.8. The first-order chi connectivity index (χ1) is 18.7. The molecule has 0 spiro atoms. The van der Waals surface area contributed by atoms with Crippen LogP contribution in [0.1, 0.15) is 39.0 Å². The maximum absolute atomic E-state index is 13.8. The lowest BCUT2D eigenvalue weighted by atomic mass is 9.54. The average molecular weight is 564 g/mol. The molecule has 39 heavy (non-hydrogen) atoms. The molecular weight excluding hydrogens is 541 g/mol. The Hall–Kier alpha value is -3.68. The molecular formula is C30H23Cl2NO6. The SMILES string of the molecule is COc1ccc(C(=O)COC(=O)CCN2C(=O)[C@H]3[C@H](C2=O)C2(Cl)c4ccccc4C3(Cl)c3ccccc32)cc1. The van der Waals surface area contributed by atoms with Crippen molar-refractivity contribution in [3.8, 4) is 5.75 Å². The summed E-state index contributed by atoms with van der Waals surface area (Å²) in [4.78, 5) is 50.9. The summed E-state index contributed by atoms with van der Waals surface area (Å²) in [5.74, 6) is -3.30. The van der Waals surface area contributed by atoms with Crippen molar-refractivity contribution >= 4 is 46.8 Å². The lowest BCUT2D eigenvalue weighted by molar-refractivity contribution is -0.145. The number of imide groups is 1. The number of ether oxygens (including phenoxy) is 2. The van der Waals surface area contributed by atoms with Gasteiger partial charge in [-0.1, -0.05) is 48.5 Å². The highest BCUT2D eigenvalue weighted by molar-refractivity contribution is 6.36. The van der Waals surface area contributed by atoms with E-state index < -0.39 is 46.0 Å². The van der Waals surface area contributed by atoms with Gasteiger partial charge in [-0.15, -0.1) is 23.2 Å². The minimum Gasteiger partial charge on any atom is -0.497 e. The number of carbonyl (C=O) groups excluding carboxylic acids is 4. The van der Waals surface area contributed by atoms with Crippen LogP contribution >= 0.6 is 23.2 Å². The average Bonchev–Trinajstić information content (AvgIpc) is 3.23. The number of esters is 1. The Kier molecular flexibility index (Phi) is 6.04. The Bertz CT molecular complexity index is 1410. The molecule has 3 aliphatic carbocycles. The summed E-state index contributed by atoms with van der Waals surface area (Å²) in [5, 5.41) is 0. The number of methoxy groups -OCH3 is 1. The van der Waals surface area contributed by atoms with Gasteiger partial charge in [-0.3, -0.25) is 24.1 Å². The quantitative estimate of drug-likeness (QED) is 0.183. The number of hydrogen-bond donors (Lipinski definition) is 0. The van der Waals surface area contributed by atoms with E-state index in [0.717, 1.165) is 4.90 Å². The molecule has 9 heteroatoms. The van der Waals surface area contributed by atoms with Crippen molar-refractivity contribution in [2.75, 3.05) is 20.3 Å². The fourth-order valence-electron chi connectivity index (χ4n) is 6.23. The first-order valence-electron chi connectivity index (χ1n) is 12.5. The van der Waals surface area contributed by atoms with Gasteiger partial charge in [0.2, 0.25) is 11.8 Å². The summed E-state index contributed by atoms with van der Waals surface area (Å²) in [5.41, 5.74) is 3.20. The Morgan fingerprint density at radius 3 is 1.69 bits per heavy atom. The molecule has 1 fully saturated rings. The maximum Gasteiger partial charge on any atom is 0.308 e. The number of carbonyl (C=O) groups is 4. The Morgan fingerprint density at radius 1 is 0.795 bits per heavy atom. The third-order valence-electron chi connectivity index (χ3n) is 7.99. The lowest BCUT2D eigenvalue weighted by Gasteiger charge is -2.54. The second-order valence-electron chi connectivity index (χ2n) is 9.86. The van der Waals surface area contributed by atoms with Crippen molar-refractivity contribution in [2.24, 2.45) is 11.8 Å². The van der Waals surface area contributed by atoms with Gasteiger partial charge >= 0.3 is 5.97 Å². The molecule has 0 saturated carbocycles. The van der Waals surface area contributed by atoms with Crippen molar-refractivity contribution in [3.05, 3.63) is 101 Å². The largest absolute Gasteiger partial charge is 0.497 e. The van der Waals surface area contributed by atoms with Gasteiger partial charge in [0.1, 0.15) is 15.5 Å². The minimum absolute atomic E-state index is 0.202. The summed E-state index contributed by atoms with van der Waals surface area (Å²) < 4.78 is 10.2. The molecule has 1 heterocycles. The zero-order valence-electron chi connectivity index (χ0n) is 20.9. The van der Waals surface area contributed by atoms with Crippen LogP contribution < -0.4 is 4.74 Å². The molecule has 7 rings (SSSR count). The third-order valence-corrected chi connectivity index (χ3v) is 9.28. The number of alkyl halides is 2. The van der Waals surface area contributed by atoms with Gasteiger partial charge in [0, 0.05) is 12.1 Å². The second-order valence-corrected chi connectivity index (χ2v) is 11.1. The van der Waals surface area contributed by atoms with Crippen LogP contribution in [0.15, 0.2) is 72.8 Å². The summed E-state index contributed by atoms with van der Waals surface area (Å²) in [6.07, 6.45) is -0.267. The zero-order chi connectivity index (χ0) is 27.5. The highest BCUT2D eigenvalue weighted by Gasteiger charge is 2.72. The van der Waals surface area contributed by atoms with Gasteiger partial charge in [-0.25, -0.2) is 0 Å². The molecule has 3 aromatic carbocycles. The summed E-state index contributed by atoms with van der Waals surface area (Å²) in [6.45, 7) is -0.661. The van der Waals surface area contributed by atoms with Crippen molar-refractivity contribution in [3.63, 3.8) is 0 Å². The highest BCUT2D eigenvalue weighted by Crippen LogP contribution is 2.69. The number of Topliss-reactive ketones (excluding diaryl/α,β-unsaturated/α-hetero) is 1. The smallest absolute Gasteiger partial charge is 0.308 e. The predicted molar refractivity (Wildman–Crippen MR) is 143 cm³/mol. The molecule has 4 aliphatic rings. The number of hydrogen-bond acceptors (Lipinski definition) is 6. The number of amides is 2. The van der Waals surface area contributed by atoms with E-state index in [1.165, 1.54) is 7.11 Å². The Morgan fingerprint density at radius 2 is 1.26 bits per heavy atom. The number of nitrogens with zero attached hydrogens (tertiary/aromatic N) is 1. The summed E-state index contributed by atoms with van der Waals surface area (Å²) in [6, 6.07) is 21.2. The van der Waals surface area contributed by atoms with Gasteiger partial charge < -0.3 is 9.47 Å².